The van der Waals surface area contributed by atoms with Gasteiger partial charge in [-0.25, -0.2) is 0 Å². The van der Waals surface area contributed by atoms with Crippen molar-refractivity contribution < 1.29 is 13.2 Å². The van der Waals surface area contributed by atoms with Crippen LogP contribution in [0.2, 0.25) is 0 Å². The number of benzene rings is 2. The molecule has 0 saturated carbocycles. The zero-order valence-corrected chi connectivity index (χ0v) is 10.2. The number of alkyl halides is 3. The van der Waals surface area contributed by atoms with Gasteiger partial charge >= 0.3 is 6.18 Å². The monoisotopic (exact) mass is 277 g/mol. The molecule has 0 bridgehead atoms. The average Bonchev–Trinajstić information content (AvgIpc) is 2.80. The molecule has 0 aliphatic heterocycles. The van der Waals surface area contributed by atoms with Crippen LogP contribution in [-0.2, 0) is 6.18 Å². The summed E-state index contributed by atoms with van der Waals surface area (Å²) in [5.41, 5.74) is 6.40. The van der Waals surface area contributed by atoms with E-state index in [4.69, 9.17) is 5.73 Å². The van der Waals surface area contributed by atoms with E-state index >= 15 is 0 Å². The molecule has 0 amide bonds. The standard InChI is InChI=1S/C14H10F3N3/c15-14(16,17)11-4-2-1-3-9(11)13-10-6-5-8(18)7-12(10)19-20-13/h1-7H,18H2,(H,19,20). The van der Waals surface area contributed by atoms with E-state index in [-0.39, 0.29) is 11.3 Å². The van der Waals surface area contributed by atoms with Crippen LogP contribution in [0.25, 0.3) is 22.2 Å². The first-order valence-corrected chi connectivity index (χ1v) is 5.87. The van der Waals surface area contributed by atoms with Gasteiger partial charge in [-0.3, -0.25) is 5.10 Å². The van der Waals surface area contributed by atoms with Gasteiger partial charge in [0.05, 0.1) is 11.1 Å². The molecule has 0 unspecified atom stereocenters. The minimum Gasteiger partial charge on any atom is -0.399 e. The number of nitrogen functional groups attached to an aromatic ring is 1. The summed E-state index contributed by atoms with van der Waals surface area (Å²) in [6.07, 6.45) is -4.42. The van der Waals surface area contributed by atoms with Gasteiger partial charge in [0.2, 0.25) is 0 Å². The first-order valence-electron chi connectivity index (χ1n) is 5.87. The van der Waals surface area contributed by atoms with Crippen LogP contribution in [0.4, 0.5) is 18.9 Å². The lowest BCUT2D eigenvalue weighted by Crippen LogP contribution is -2.07. The van der Waals surface area contributed by atoms with E-state index in [1.807, 2.05) is 0 Å². The molecule has 6 heteroatoms. The highest BCUT2D eigenvalue weighted by molar-refractivity contribution is 5.95. The van der Waals surface area contributed by atoms with Crippen LogP contribution < -0.4 is 5.73 Å². The van der Waals surface area contributed by atoms with Crippen LogP contribution in [0.5, 0.6) is 0 Å². The SMILES string of the molecule is Nc1ccc2c(-c3ccccc3C(F)(F)F)n[nH]c2c1. The fourth-order valence-corrected chi connectivity index (χ4v) is 2.18. The molecule has 3 N–H and O–H groups in total. The van der Waals surface area contributed by atoms with Crippen LogP contribution in [0.3, 0.4) is 0 Å². The summed E-state index contributed by atoms with van der Waals surface area (Å²) >= 11 is 0. The van der Waals surface area contributed by atoms with Gasteiger partial charge in [-0.2, -0.15) is 18.3 Å². The number of nitrogens with zero attached hydrogens (tertiary/aromatic N) is 1. The van der Waals surface area contributed by atoms with Gasteiger partial charge in [-0.05, 0) is 24.3 Å². The zero-order chi connectivity index (χ0) is 14.3. The molecular formula is C14H10F3N3. The van der Waals surface area contributed by atoms with E-state index in [0.29, 0.717) is 16.6 Å². The number of nitrogens with one attached hydrogen (secondary N) is 1. The molecule has 0 fully saturated rings. The molecule has 1 aromatic heterocycles. The van der Waals surface area contributed by atoms with Crippen molar-refractivity contribution in [3.8, 4) is 11.3 Å². The number of hydrogen-bond acceptors (Lipinski definition) is 2. The largest absolute Gasteiger partial charge is 0.417 e. The Labute approximate surface area is 112 Å². The number of aromatic amines is 1. The van der Waals surface area contributed by atoms with E-state index in [9.17, 15) is 13.2 Å². The summed E-state index contributed by atoms with van der Waals surface area (Å²) in [5, 5.41) is 7.32. The van der Waals surface area contributed by atoms with Crippen molar-refractivity contribution in [2.75, 3.05) is 5.73 Å². The molecule has 0 saturated heterocycles. The molecule has 0 aliphatic carbocycles. The average molecular weight is 277 g/mol. The first kappa shape index (κ1) is 12.5. The molecule has 3 nitrogen and oxygen atoms in total. The van der Waals surface area contributed by atoms with E-state index < -0.39 is 11.7 Å². The smallest absolute Gasteiger partial charge is 0.399 e. The third-order valence-corrected chi connectivity index (χ3v) is 3.07. The minimum atomic E-state index is -4.42. The van der Waals surface area contributed by atoms with Crippen molar-refractivity contribution in [2.24, 2.45) is 0 Å². The number of H-pyrrole nitrogens is 1. The van der Waals surface area contributed by atoms with Crippen molar-refractivity contribution in [1.82, 2.24) is 10.2 Å². The molecule has 102 valence electrons. The van der Waals surface area contributed by atoms with Crippen molar-refractivity contribution in [1.29, 1.82) is 0 Å². The lowest BCUT2D eigenvalue weighted by molar-refractivity contribution is -0.137. The zero-order valence-electron chi connectivity index (χ0n) is 10.2. The third-order valence-electron chi connectivity index (χ3n) is 3.07. The summed E-state index contributed by atoms with van der Waals surface area (Å²) in [6, 6.07) is 10.3. The summed E-state index contributed by atoms with van der Waals surface area (Å²) in [4.78, 5) is 0. The first-order chi connectivity index (χ1) is 9.47. The van der Waals surface area contributed by atoms with E-state index in [0.717, 1.165) is 6.07 Å². The molecule has 3 rings (SSSR count). The Hall–Kier alpha value is -2.50. The number of anilines is 1. The predicted octanol–water partition coefficient (Wildman–Crippen LogP) is 3.83. The Bertz CT molecular complexity index is 775. The lowest BCUT2D eigenvalue weighted by Gasteiger charge is -2.11. The van der Waals surface area contributed by atoms with Gasteiger partial charge in [0, 0.05) is 16.6 Å². The number of halogens is 3. The fourth-order valence-electron chi connectivity index (χ4n) is 2.18. The van der Waals surface area contributed by atoms with Crippen molar-refractivity contribution in [3.05, 3.63) is 48.0 Å². The predicted molar refractivity (Wildman–Crippen MR) is 70.9 cm³/mol. The Balaban J connectivity index is 2.27. The second-order valence-corrected chi connectivity index (χ2v) is 4.42. The van der Waals surface area contributed by atoms with Crippen LogP contribution in [0.1, 0.15) is 5.56 Å². The summed E-state index contributed by atoms with van der Waals surface area (Å²) in [7, 11) is 0. The second kappa shape index (κ2) is 4.26. The number of fused-ring (bicyclic) bond motifs is 1. The van der Waals surface area contributed by atoms with E-state index in [1.54, 1.807) is 24.3 Å². The van der Waals surface area contributed by atoms with E-state index in [2.05, 4.69) is 10.2 Å². The van der Waals surface area contributed by atoms with Gasteiger partial charge in [0.25, 0.3) is 0 Å². The fraction of sp³-hybridized carbons (Fsp3) is 0.0714. The highest BCUT2D eigenvalue weighted by Gasteiger charge is 2.34. The maximum atomic E-state index is 13.0. The van der Waals surface area contributed by atoms with Gasteiger partial charge in [-0.15, -0.1) is 0 Å². The molecule has 3 aromatic rings. The molecule has 0 aliphatic rings. The quantitative estimate of drug-likeness (QED) is 0.664. The van der Waals surface area contributed by atoms with Crippen LogP contribution in [0, 0.1) is 0 Å². The van der Waals surface area contributed by atoms with E-state index in [1.165, 1.54) is 12.1 Å². The highest BCUT2D eigenvalue weighted by atomic mass is 19.4. The summed E-state index contributed by atoms with van der Waals surface area (Å²) in [5.74, 6) is 0. The van der Waals surface area contributed by atoms with Crippen molar-refractivity contribution in [2.45, 2.75) is 6.18 Å². The topological polar surface area (TPSA) is 54.7 Å². The van der Waals surface area contributed by atoms with Gasteiger partial charge < -0.3 is 5.73 Å². The second-order valence-electron chi connectivity index (χ2n) is 4.42. The van der Waals surface area contributed by atoms with Crippen LogP contribution in [0.15, 0.2) is 42.5 Å². The number of rotatable bonds is 1. The molecule has 1 heterocycles. The Morgan fingerprint density at radius 1 is 1.05 bits per heavy atom. The Morgan fingerprint density at radius 2 is 1.80 bits per heavy atom. The Kier molecular flexibility index (Phi) is 2.67. The van der Waals surface area contributed by atoms with Crippen molar-refractivity contribution >= 4 is 16.6 Å². The van der Waals surface area contributed by atoms with Crippen LogP contribution in [-0.4, -0.2) is 10.2 Å². The van der Waals surface area contributed by atoms with Crippen molar-refractivity contribution in [3.63, 3.8) is 0 Å². The summed E-state index contributed by atoms with van der Waals surface area (Å²) < 4.78 is 39.1. The minimum absolute atomic E-state index is 0.0519. The molecule has 0 radical (unpaired) electrons. The lowest BCUT2D eigenvalue weighted by atomic mass is 10.0. The van der Waals surface area contributed by atoms with Gasteiger partial charge in [0.15, 0.2) is 0 Å². The molecular weight excluding hydrogens is 267 g/mol. The molecule has 20 heavy (non-hydrogen) atoms. The summed E-state index contributed by atoms with van der Waals surface area (Å²) in [6.45, 7) is 0. The van der Waals surface area contributed by atoms with Gasteiger partial charge in [-0.1, -0.05) is 18.2 Å². The number of aromatic nitrogens is 2. The Morgan fingerprint density at radius 3 is 2.55 bits per heavy atom. The number of hydrogen-bond donors (Lipinski definition) is 2. The maximum absolute atomic E-state index is 13.0. The highest BCUT2D eigenvalue weighted by Crippen LogP contribution is 2.38. The molecule has 0 spiro atoms. The molecule has 0 atom stereocenters. The van der Waals surface area contributed by atoms with Gasteiger partial charge in [0.1, 0.15) is 5.69 Å². The van der Waals surface area contributed by atoms with Crippen LogP contribution >= 0.6 is 0 Å². The normalized spacial score (nSPS) is 11.9. The molecule has 2 aromatic carbocycles. The third kappa shape index (κ3) is 1.99. The maximum Gasteiger partial charge on any atom is 0.417 e. The number of nitrogens with two attached hydrogens (primary N) is 1.